The molecule has 0 N–H and O–H groups in total. The van der Waals surface area contributed by atoms with E-state index in [-0.39, 0.29) is 12.4 Å². The molecule has 0 bridgehead atoms. The monoisotopic (exact) mass is 259 g/mol. The summed E-state index contributed by atoms with van der Waals surface area (Å²) in [7, 11) is 5.75. The number of hydrogen-bond donors (Lipinski definition) is 0. The van der Waals surface area contributed by atoms with Crippen LogP contribution in [0.3, 0.4) is 0 Å². The number of carbonyl (C=O) groups excluding carboxylic acids is 2. The van der Waals surface area contributed by atoms with Crippen molar-refractivity contribution < 1.29 is 23.9 Å². The Morgan fingerprint density at radius 3 is 2.11 bits per heavy atom. The lowest BCUT2D eigenvalue weighted by Gasteiger charge is -2.31. The number of ether oxygens (including phenoxy) is 1. The Morgan fingerprint density at radius 2 is 1.78 bits per heavy atom. The molecule has 0 rings (SSSR count). The van der Waals surface area contributed by atoms with Crippen LogP contribution < -0.4 is 5.11 Å². The van der Waals surface area contributed by atoms with Gasteiger partial charge in [0.1, 0.15) is 6.54 Å². The van der Waals surface area contributed by atoms with Gasteiger partial charge in [-0.1, -0.05) is 6.92 Å². The molecule has 0 aliphatic rings. The lowest BCUT2D eigenvalue weighted by molar-refractivity contribution is -0.873. The topological polar surface area (TPSA) is 66.4 Å². The standard InChI is InChI=1S/C13H25NO4/c1-7-13(2,3)12(17)18-10(8-11(15)16)9-14(4,5)6/h10H,7-9H2,1-6H3. The molecule has 0 aromatic rings. The van der Waals surface area contributed by atoms with E-state index in [1.165, 1.54) is 0 Å². The molecule has 0 aromatic carbocycles. The quantitative estimate of drug-likeness (QED) is 0.483. The van der Waals surface area contributed by atoms with Crippen molar-refractivity contribution in [1.82, 2.24) is 0 Å². The van der Waals surface area contributed by atoms with Crippen LogP contribution in [0.5, 0.6) is 0 Å². The van der Waals surface area contributed by atoms with Gasteiger partial charge < -0.3 is 19.1 Å². The van der Waals surface area contributed by atoms with Gasteiger partial charge in [-0.15, -0.1) is 0 Å². The molecule has 1 unspecified atom stereocenters. The minimum absolute atomic E-state index is 0.263. The summed E-state index contributed by atoms with van der Waals surface area (Å²) in [5.41, 5.74) is -0.588. The predicted octanol–water partition coefficient (Wildman–Crippen LogP) is 0.181. The molecule has 0 aliphatic carbocycles. The third kappa shape index (κ3) is 6.59. The maximum atomic E-state index is 11.9. The van der Waals surface area contributed by atoms with E-state index in [4.69, 9.17) is 4.74 Å². The van der Waals surface area contributed by atoms with Crippen molar-refractivity contribution in [3.63, 3.8) is 0 Å². The molecule has 5 heteroatoms. The number of aliphatic carboxylic acids is 1. The zero-order valence-corrected chi connectivity index (χ0v) is 12.3. The Labute approximate surface area is 109 Å². The van der Waals surface area contributed by atoms with Crippen LogP contribution in [-0.4, -0.2) is 50.2 Å². The summed E-state index contributed by atoms with van der Waals surface area (Å²) in [6.07, 6.45) is -0.261. The van der Waals surface area contributed by atoms with Crippen molar-refractivity contribution in [1.29, 1.82) is 0 Å². The Hall–Kier alpha value is -1.10. The number of likely N-dealkylation sites (N-methyl/N-ethyl adjacent to an activating group) is 1. The van der Waals surface area contributed by atoms with Gasteiger partial charge in [0.15, 0.2) is 6.10 Å². The second-order valence-electron chi connectivity index (χ2n) is 6.31. The van der Waals surface area contributed by atoms with Crippen LogP contribution >= 0.6 is 0 Å². The number of carboxylic acid groups (broad SMARTS) is 1. The second-order valence-corrected chi connectivity index (χ2v) is 6.31. The maximum absolute atomic E-state index is 11.9. The molecular formula is C13H25NO4. The lowest BCUT2D eigenvalue weighted by Crippen LogP contribution is -2.46. The van der Waals surface area contributed by atoms with E-state index in [9.17, 15) is 14.7 Å². The first-order chi connectivity index (χ1) is 7.98. The highest BCUT2D eigenvalue weighted by Gasteiger charge is 2.31. The van der Waals surface area contributed by atoms with Crippen molar-refractivity contribution >= 4 is 11.9 Å². The molecular weight excluding hydrogens is 234 g/mol. The first kappa shape index (κ1) is 16.9. The molecule has 18 heavy (non-hydrogen) atoms. The molecule has 0 radical (unpaired) electrons. The summed E-state index contributed by atoms with van der Waals surface area (Å²) >= 11 is 0. The van der Waals surface area contributed by atoms with Crippen LogP contribution in [0.25, 0.3) is 0 Å². The summed E-state index contributed by atoms with van der Waals surface area (Å²) in [6, 6.07) is 0. The van der Waals surface area contributed by atoms with E-state index < -0.39 is 17.5 Å². The predicted molar refractivity (Wildman–Crippen MR) is 66.5 cm³/mol. The van der Waals surface area contributed by atoms with Crippen LogP contribution in [0.2, 0.25) is 0 Å². The van der Waals surface area contributed by atoms with Gasteiger partial charge in [-0.3, -0.25) is 4.79 Å². The Balaban J connectivity index is 4.69. The fraction of sp³-hybridized carbons (Fsp3) is 0.846. The van der Waals surface area contributed by atoms with Gasteiger partial charge in [0.2, 0.25) is 0 Å². The Kier molecular flexibility index (Phi) is 5.80. The minimum Gasteiger partial charge on any atom is -0.550 e. The number of hydrogen-bond acceptors (Lipinski definition) is 4. The van der Waals surface area contributed by atoms with E-state index in [0.29, 0.717) is 17.4 Å². The molecule has 0 aromatic heterocycles. The van der Waals surface area contributed by atoms with E-state index in [1.807, 2.05) is 28.1 Å². The zero-order valence-electron chi connectivity index (χ0n) is 12.3. The molecule has 0 heterocycles. The van der Waals surface area contributed by atoms with Crippen molar-refractivity contribution in [3.05, 3.63) is 0 Å². The average Bonchev–Trinajstić information content (AvgIpc) is 2.13. The van der Waals surface area contributed by atoms with Crippen molar-refractivity contribution in [2.75, 3.05) is 27.7 Å². The number of esters is 1. The van der Waals surface area contributed by atoms with Crippen LogP contribution in [0.15, 0.2) is 0 Å². The molecule has 0 aliphatic heterocycles. The third-order valence-corrected chi connectivity index (χ3v) is 2.86. The summed E-state index contributed by atoms with van der Waals surface area (Å²) in [5, 5.41) is 10.7. The van der Waals surface area contributed by atoms with Crippen LogP contribution in [0.1, 0.15) is 33.6 Å². The third-order valence-electron chi connectivity index (χ3n) is 2.86. The van der Waals surface area contributed by atoms with Gasteiger partial charge >= 0.3 is 5.97 Å². The molecule has 5 nitrogen and oxygen atoms in total. The Morgan fingerprint density at radius 1 is 1.28 bits per heavy atom. The molecule has 0 amide bonds. The van der Waals surface area contributed by atoms with E-state index in [2.05, 4.69) is 0 Å². The summed E-state index contributed by atoms with van der Waals surface area (Å²) in [4.78, 5) is 22.6. The van der Waals surface area contributed by atoms with E-state index in [1.54, 1.807) is 13.8 Å². The molecule has 0 saturated carbocycles. The van der Waals surface area contributed by atoms with Gasteiger partial charge in [-0.25, -0.2) is 0 Å². The highest BCUT2D eigenvalue weighted by molar-refractivity contribution is 5.76. The zero-order chi connectivity index (χ0) is 14.6. The number of quaternary nitrogens is 1. The second kappa shape index (κ2) is 6.18. The number of carbonyl (C=O) groups is 2. The molecule has 106 valence electrons. The molecule has 0 fully saturated rings. The highest BCUT2D eigenvalue weighted by atomic mass is 16.5. The lowest BCUT2D eigenvalue weighted by atomic mass is 9.90. The fourth-order valence-electron chi connectivity index (χ4n) is 1.40. The normalized spacial score (nSPS) is 14.1. The van der Waals surface area contributed by atoms with Crippen molar-refractivity contribution in [2.45, 2.75) is 39.7 Å². The van der Waals surface area contributed by atoms with Crippen molar-refractivity contribution in [3.8, 4) is 0 Å². The van der Waals surface area contributed by atoms with Crippen LogP contribution in [0, 0.1) is 5.41 Å². The van der Waals surface area contributed by atoms with Gasteiger partial charge in [-0.2, -0.15) is 0 Å². The summed E-state index contributed by atoms with van der Waals surface area (Å²) < 4.78 is 5.84. The summed E-state index contributed by atoms with van der Waals surface area (Å²) in [6.45, 7) is 5.92. The molecule has 0 saturated heterocycles. The first-order valence-electron chi connectivity index (χ1n) is 6.19. The van der Waals surface area contributed by atoms with E-state index >= 15 is 0 Å². The summed E-state index contributed by atoms with van der Waals surface area (Å²) in [5.74, 6) is -1.56. The fourth-order valence-corrected chi connectivity index (χ4v) is 1.40. The minimum atomic E-state index is -1.20. The van der Waals surface area contributed by atoms with Crippen LogP contribution in [-0.2, 0) is 14.3 Å². The van der Waals surface area contributed by atoms with Gasteiger partial charge in [0, 0.05) is 12.4 Å². The average molecular weight is 259 g/mol. The van der Waals surface area contributed by atoms with Gasteiger partial charge in [-0.05, 0) is 20.3 Å². The number of carboxylic acids is 1. The molecule has 1 atom stereocenters. The van der Waals surface area contributed by atoms with E-state index in [0.717, 1.165) is 0 Å². The highest BCUT2D eigenvalue weighted by Crippen LogP contribution is 2.23. The van der Waals surface area contributed by atoms with Crippen LogP contribution in [0.4, 0.5) is 0 Å². The Bertz CT molecular complexity index is 305. The molecule has 0 spiro atoms. The van der Waals surface area contributed by atoms with Gasteiger partial charge in [0.25, 0.3) is 0 Å². The smallest absolute Gasteiger partial charge is 0.311 e. The van der Waals surface area contributed by atoms with Crippen molar-refractivity contribution in [2.24, 2.45) is 5.41 Å². The maximum Gasteiger partial charge on any atom is 0.311 e. The SMILES string of the molecule is CCC(C)(C)C(=O)OC(CC(=O)[O-])C[N+](C)(C)C. The number of nitrogens with zero attached hydrogens (tertiary/aromatic N) is 1. The first-order valence-corrected chi connectivity index (χ1v) is 6.19. The van der Waals surface area contributed by atoms with Gasteiger partial charge in [0.05, 0.1) is 26.6 Å². The largest absolute Gasteiger partial charge is 0.550 e. The number of rotatable bonds is 7.